The number of rotatable bonds is 8. The molecule has 0 atom stereocenters. The molecule has 1 fully saturated rings. The van der Waals surface area contributed by atoms with Crippen molar-refractivity contribution >= 4 is 0 Å². The van der Waals surface area contributed by atoms with Gasteiger partial charge in [0.15, 0.2) is 0 Å². The summed E-state index contributed by atoms with van der Waals surface area (Å²) in [4.78, 5) is 0. The highest BCUT2D eigenvalue weighted by Gasteiger charge is 2.27. The maximum atomic E-state index is 10.7. The molecule has 2 N–H and O–H groups in total. The normalized spacial score (nSPS) is 17.9. The van der Waals surface area contributed by atoms with E-state index in [1.807, 2.05) is 18.2 Å². The minimum Gasteiger partial charge on any atom is -0.491 e. The molecule has 1 aliphatic rings. The smallest absolute Gasteiger partial charge is 0.123 e. The minimum atomic E-state index is -0.539. The van der Waals surface area contributed by atoms with E-state index in [0.29, 0.717) is 26.3 Å². The predicted octanol–water partition coefficient (Wildman–Crippen LogP) is 2.89. The van der Waals surface area contributed by atoms with Gasteiger partial charge in [0.25, 0.3) is 0 Å². The van der Waals surface area contributed by atoms with Crippen LogP contribution >= 0.6 is 0 Å². The third-order valence-corrected chi connectivity index (χ3v) is 4.32. The van der Waals surface area contributed by atoms with Crippen LogP contribution in [-0.4, -0.2) is 37.6 Å². The van der Waals surface area contributed by atoms with Crippen molar-refractivity contribution in [1.82, 2.24) is 5.32 Å². The molecule has 4 nitrogen and oxygen atoms in total. The lowest BCUT2D eigenvalue weighted by molar-refractivity contribution is 0.0250. The monoisotopic (exact) mass is 307 g/mol. The first-order valence-corrected chi connectivity index (χ1v) is 8.36. The molecule has 1 aromatic rings. The van der Waals surface area contributed by atoms with Crippen molar-refractivity contribution in [2.75, 3.05) is 26.9 Å². The number of nitrogens with one attached hydrogen (secondary N) is 1. The molecule has 0 spiro atoms. The maximum absolute atomic E-state index is 10.7. The van der Waals surface area contributed by atoms with Crippen molar-refractivity contribution < 1.29 is 14.6 Å². The van der Waals surface area contributed by atoms with Crippen LogP contribution in [0, 0.1) is 0 Å². The lowest BCUT2D eigenvalue weighted by atomic mass is 9.94. The van der Waals surface area contributed by atoms with E-state index in [2.05, 4.69) is 11.4 Å². The highest BCUT2D eigenvalue weighted by Crippen LogP contribution is 2.26. The van der Waals surface area contributed by atoms with Crippen LogP contribution in [0.5, 0.6) is 5.75 Å². The van der Waals surface area contributed by atoms with Crippen LogP contribution in [-0.2, 0) is 11.3 Å². The predicted molar refractivity (Wildman–Crippen MR) is 88.2 cm³/mol. The maximum Gasteiger partial charge on any atom is 0.123 e. The fourth-order valence-corrected chi connectivity index (χ4v) is 3.02. The topological polar surface area (TPSA) is 50.7 Å². The van der Waals surface area contributed by atoms with Crippen molar-refractivity contribution in [3.63, 3.8) is 0 Å². The van der Waals surface area contributed by atoms with E-state index in [1.54, 1.807) is 7.11 Å². The number of aliphatic hydroxyl groups is 1. The van der Waals surface area contributed by atoms with Crippen LogP contribution < -0.4 is 10.1 Å². The second-order valence-corrected chi connectivity index (χ2v) is 6.19. The molecule has 0 radical (unpaired) electrons. The molecule has 0 heterocycles. The van der Waals surface area contributed by atoms with Gasteiger partial charge in [-0.2, -0.15) is 0 Å². The van der Waals surface area contributed by atoms with Crippen LogP contribution in [0.4, 0.5) is 0 Å². The highest BCUT2D eigenvalue weighted by molar-refractivity contribution is 5.33. The third-order valence-electron chi connectivity index (χ3n) is 4.32. The zero-order valence-electron chi connectivity index (χ0n) is 13.6. The molecule has 1 aromatic carbocycles. The van der Waals surface area contributed by atoms with Gasteiger partial charge in [-0.15, -0.1) is 0 Å². The van der Waals surface area contributed by atoms with Gasteiger partial charge >= 0.3 is 0 Å². The van der Waals surface area contributed by atoms with E-state index in [-0.39, 0.29) is 0 Å². The van der Waals surface area contributed by atoms with Crippen LogP contribution in [0.3, 0.4) is 0 Å². The molecule has 124 valence electrons. The van der Waals surface area contributed by atoms with Crippen molar-refractivity contribution in [2.45, 2.75) is 50.7 Å². The van der Waals surface area contributed by atoms with Crippen molar-refractivity contribution in [3.8, 4) is 5.75 Å². The quantitative estimate of drug-likeness (QED) is 0.573. The second-order valence-electron chi connectivity index (χ2n) is 6.19. The Morgan fingerprint density at radius 1 is 1.09 bits per heavy atom. The molecule has 1 aliphatic carbocycles. The van der Waals surface area contributed by atoms with Gasteiger partial charge in [-0.1, -0.05) is 43.9 Å². The lowest BCUT2D eigenvalue weighted by Gasteiger charge is -2.27. The lowest BCUT2D eigenvalue weighted by Crippen LogP contribution is -2.39. The summed E-state index contributed by atoms with van der Waals surface area (Å²) in [6.45, 7) is 2.50. The van der Waals surface area contributed by atoms with Gasteiger partial charge in [0.2, 0.25) is 0 Å². The third kappa shape index (κ3) is 5.59. The Morgan fingerprint density at radius 2 is 1.82 bits per heavy atom. The summed E-state index contributed by atoms with van der Waals surface area (Å²) in [5, 5.41) is 14.1. The van der Waals surface area contributed by atoms with E-state index >= 15 is 0 Å². The summed E-state index contributed by atoms with van der Waals surface area (Å²) in [6.07, 6.45) is 6.58. The zero-order valence-corrected chi connectivity index (χ0v) is 13.6. The number of benzene rings is 1. The summed E-state index contributed by atoms with van der Waals surface area (Å²) in [5.41, 5.74) is 0.582. The Balaban J connectivity index is 1.83. The average Bonchev–Trinajstić information content (AvgIpc) is 2.74. The van der Waals surface area contributed by atoms with Crippen molar-refractivity contribution in [1.29, 1.82) is 0 Å². The Bertz CT molecular complexity index is 428. The number of ether oxygens (including phenoxy) is 2. The highest BCUT2D eigenvalue weighted by atomic mass is 16.5. The van der Waals surface area contributed by atoms with Crippen molar-refractivity contribution in [2.24, 2.45) is 0 Å². The van der Waals surface area contributed by atoms with Gasteiger partial charge < -0.3 is 19.9 Å². The van der Waals surface area contributed by atoms with Crippen LogP contribution in [0.25, 0.3) is 0 Å². The molecule has 0 bridgehead atoms. The Kier molecular flexibility index (Phi) is 7.16. The average molecular weight is 307 g/mol. The molecule has 4 heteroatoms. The fourth-order valence-electron chi connectivity index (χ4n) is 3.02. The SMILES string of the molecule is COCCOc1ccccc1CNCC1(O)CCCCCC1. The largest absolute Gasteiger partial charge is 0.491 e. The second kappa shape index (κ2) is 9.13. The molecular weight excluding hydrogens is 278 g/mol. The fraction of sp³-hybridized carbons (Fsp3) is 0.667. The van der Waals surface area contributed by atoms with Crippen molar-refractivity contribution in [3.05, 3.63) is 29.8 Å². The minimum absolute atomic E-state index is 0.539. The van der Waals surface area contributed by atoms with E-state index in [9.17, 15) is 5.11 Å². The Hall–Kier alpha value is -1.10. The van der Waals surface area contributed by atoms with Crippen LogP contribution in [0.1, 0.15) is 44.1 Å². The Labute approximate surface area is 133 Å². The number of hydrogen-bond acceptors (Lipinski definition) is 4. The molecular formula is C18H29NO3. The van der Waals surface area contributed by atoms with Gasteiger partial charge in [0, 0.05) is 25.8 Å². The molecule has 0 aromatic heterocycles. The molecule has 0 aliphatic heterocycles. The molecule has 1 saturated carbocycles. The summed E-state index contributed by atoms with van der Waals surface area (Å²) < 4.78 is 10.8. The molecule has 2 rings (SSSR count). The number of methoxy groups -OCH3 is 1. The number of hydrogen-bond donors (Lipinski definition) is 2. The first-order valence-electron chi connectivity index (χ1n) is 8.36. The summed E-state index contributed by atoms with van der Waals surface area (Å²) >= 11 is 0. The van der Waals surface area contributed by atoms with E-state index < -0.39 is 5.60 Å². The van der Waals surface area contributed by atoms with Crippen LogP contribution in [0.15, 0.2) is 24.3 Å². The van der Waals surface area contributed by atoms with E-state index in [1.165, 1.54) is 12.8 Å². The first kappa shape index (κ1) is 17.3. The van der Waals surface area contributed by atoms with Gasteiger partial charge in [-0.25, -0.2) is 0 Å². The molecule has 0 unspecified atom stereocenters. The summed E-state index contributed by atoms with van der Waals surface area (Å²) in [6, 6.07) is 8.03. The van der Waals surface area contributed by atoms with E-state index in [0.717, 1.165) is 37.0 Å². The first-order chi connectivity index (χ1) is 10.7. The summed E-state index contributed by atoms with van der Waals surface area (Å²) in [7, 11) is 1.67. The zero-order chi connectivity index (χ0) is 15.7. The summed E-state index contributed by atoms with van der Waals surface area (Å²) in [5.74, 6) is 0.889. The Morgan fingerprint density at radius 3 is 2.55 bits per heavy atom. The molecule has 0 amide bonds. The van der Waals surface area contributed by atoms with Gasteiger partial charge in [0.05, 0.1) is 12.2 Å². The molecule has 0 saturated heterocycles. The van der Waals surface area contributed by atoms with Gasteiger partial charge in [-0.05, 0) is 18.9 Å². The van der Waals surface area contributed by atoms with E-state index in [4.69, 9.17) is 9.47 Å². The van der Waals surface area contributed by atoms with Gasteiger partial charge in [0.1, 0.15) is 12.4 Å². The van der Waals surface area contributed by atoms with Gasteiger partial charge in [-0.3, -0.25) is 0 Å². The molecule has 22 heavy (non-hydrogen) atoms. The number of para-hydroxylation sites is 1. The standard InChI is InChI=1S/C18H29NO3/c1-21-12-13-22-17-9-5-4-8-16(17)14-19-15-18(20)10-6-2-3-7-11-18/h4-5,8-9,19-20H,2-3,6-7,10-15H2,1H3. The van der Waals surface area contributed by atoms with Crippen LogP contribution in [0.2, 0.25) is 0 Å².